The Bertz CT molecular complexity index is 1300. The van der Waals surface area contributed by atoms with Gasteiger partial charge in [-0.1, -0.05) is 23.8 Å². The van der Waals surface area contributed by atoms with E-state index in [1.165, 1.54) is 51.6 Å². The van der Waals surface area contributed by atoms with Crippen molar-refractivity contribution in [1.82, 2.24) is 0 Å². The number of rotatable bonds is 9. The molecule has 0 N–H and O–H groups in total. The van der Waals surface area contributed by atoms with Crippen molar-refractivity contribution in [2.45, 2.75) is 11.8 Å². The molecule has 0 spiro atoms. The number of methoxy groups -OCH3 is 2. The third kappa shape index (κ3) is 5.37. The summed E-state index contributed by atoms with van der Waals surface area (Å²) in [5.41, 5.74) is 1.69. The summed E-state index contributed by atoms with van der Waals surface area (Å²) in [6, 6.07) is 17.2. The molecule has 34 heavy (non-hydrogen) atoms. The van der Waals surface area contributed by atoms with Gasteiger partial charge in [-0.2, -0.15) is 0 Å². The highest BCUT2D eigenvalue weighted by Gasteiger charge is 2.23. The maximum atomic E-state index is 13.1. The molecule has 8 nitrogen and oxygen atoms in total. The lowest BCUT2D eigenvalue weighted by Gasteiger charge is -2.20. The first-order chi connectivity index (χ1) is 16.2. The summed E-state index contributed by atoms with van der Waals surface area (Å²) in [5, 5.41) is 0. The second-order valence-electron chi connectivity index (χ2n) is 7.40. The molecule has 0 atom stereocenters. The van der Waals surface area contributed by atoms with Crippen LogP contribution in [0, 0.1) is 6.92 Å². The minimum atomic E-state index is -3.92. The lowest BCUT2D eigenvalue weighted by molar-refractivity contribution is 0.0473. The van der Waals surface area contributed by atoms with Gasteiger partial charge in [0.25, 0.3) is 10.0 Å². The summed E-state index contributed by atoms with van der Waals surface area (Å²) in [6.45, 7) is 1.35. The van der Waals surface area contributed by atoms with Crippen LogP contribution in [0.3, 0.4) is 0 Å². The van der Waals surface area contributed by atoms with Crippen molar-refractivity contribution in [1.29, 1.82) is 0 Å². The first-order valence-electron chi connectivity index (χ1n) is 10.3. The van der Waals surface area contributed by atoms with E-state index in [0.29, 0.717) is 17.2 Å². The number of carbonyl (C=O) groups excluding carboxylic acids is 2. The summed E-state index contributed by atoms with van der Waals surface area (Å²) in [4.78, 5) is 25.1. The van der Waals surface area contributed by atoms with Crippen molar-refractivity contribution >= 4 is 27.5 Å². The van der Waals surface area contributed by atoms with Gasteiger partial charge in [-0.05, 0) is 55.5 Å². The first-order valence-corrected chi connectivity index (χ1v) is 11.7. The molecule has 9 heteroatoms. The van der Waals surface area contributed by atoms with Crippen molar-refractivity contribution in [3.8, 4) is 11.5 Å². The smallest absolute Gasteiger partial charge is 0.338 e. The molecule has 0 aliphatic carbocycles. The molecule has 0 fully saturated rings. The molecule has 0 aromatic heterocycles. The quantitative estimate of drug-likeness (QED) is 0.336. The predicted octanol–water partition coefficient (Wildman–Crippen LogP) is 3.88. The van der Waals surface area contributed by atoms with E-state index in [2.05, 4.69) is 0 Å². The highest BCUT2D eigenvalue weighted by atomic mass is 32.2. The molecule has 0 radical (unpaired) electrons. The Labute approximate surface area is 198 Å². The third-order valence-corrected chi connectivity index (χ3v) is 6.95. The molecule has 3 rings (SSSR count). The van der Waals surface area contributed by atoms with Crippen LogP contribution >= 0.6 is 0 Å². The van der Waals surface area contributed by atoms with Crippen LogP contribution in [0.15, 0.2) is 71.6 Å². The van der Waals surface area contributed by atoms with E-state index in [1.807, 2.05) is 19.1 Å². The maximum Gasteiger partial charge on any atom is 0.338 e. The average molecular weight is 484 g/mol. The first kappa shape index (κ1) is 24.8. The van der Waals surface area contributed by atoms with Gasteiger partial charge in [-0.3, -0.25) is 9.10 Å². The summed E-state index contributed by atoms with van der Waals surface area (Å²) in [7, 11) is 0.398. The van der Waals surface area contributed by atoms with Crippen LogP contribution in [0.4, 0.5) is 5.69 Å². The lowest BCUT2D eigenvalue weighted by atomic mass is 10.1. The minimum absolute atomic E-state index is 0.00351. The number of carbonyl (C=O) groups is 2. The molecule has 0 unspecified atom stereocenters. The van der Waals surface area contributed by atoms with Gasteiger partial charge in [0.15, 0.2) is 6.61 Å². The zero-order valence-electron chi connectivity index (χ0n) is 19.3. The number of sulfonamides is 1. The van der Waals surface area contributed by atoms with Crippen molar-refractivity contribution in [3.63, 3.8) is 0 Å². The Morgan fingerprint density at radius 2 is 1.62 bits per heavy atom. The molecule has 0 saturated carbocycles. The van der Waals surface area contributed by atoms with Crippen molar-refractivity contribution in [2.24, 2.45) is 0 Å². The van der Waals surface area contributed by atoms with Crippen LogP contribution in [-0.2, 0) is 14.8 Å². The number of Topliss-reactive ketones (excluding diaryl/α,β-unsaturated/α-hetero) is 1. The minimum Gasteiger partial charge on any atom is -0.497 e. The molecule has 0 amide bonds. The molecule has 178 valence electrons. The van der Waals surface area contributed by atoms with Crippen LogP contribution in [0.25, 0.3) is 0 Å². The standard InChI is InChI=1S/C25H25NO7S/c1-17-8-10-19(11-9-17)26(2)34(29,30)21-7-5-6-18(14-21)25(28)33-16-23(27)22-15-20(31-3)12-13-24(22)32-4/h5-15H,16H2,1-4H3. The Morgan fingerprint density at radius 1 is 0.912 bits per heavy atom. The fourth-order valence-corrected chi connectivity index (χ4v) is 4.40. The molecule has 0 aliphatic rings. The van der Waals surface area contributed by atoms with Gasteiger partial charge in [-0.25, -0.2) is 13.2 Å². The van der Waals surface area contributed by atoms with Gasteiger partial charge in [0.1, 0.15) is 11.5 Å². The Morgan fingerprint density at radius 3 is 2.26 bits per heavy atom. The van der Waals surface area contributed by atoms with Crippen LogP contribution in [-0.4, -0.2) is 48.0 Å². The molecular weight excluding hydrogens is 458 g/mol. The van der Waals surface area contributed by atoms with Gasteiger partial charge in [-0.15, -0.1) is 0 Å². The van der Waals surface area contributed by atoms with E-state index in [-0.39, 0.29) is 16.0 Å². The second kappa shape index (κ2) is 10.4. The normalized spacial score (nSPS) is 10.9. The number of benzene rings is 3. The molecule has 0 heterocycles. The Balaban J connectivity index is 1.76. The summed E-state index contributed by atoms with van der Waals surface area (Å²) >= 11 is 0. The number of anilines is 1. The highest BCUT2D eigenvalue weighted by molar-refractivity contribution is 7.92. The topological polar surface area (TPSA) is 99.2 Å². The molecular formula is C25H25NO7S. The van der Waals surface area contributed by atoms with Crippen LogP contribution in [0.1, 0.15) is 26.3 Å². The fourth-order valence-electron chi connectivity index (χ4n) is 3.16. The summed E-state index contributed by atoms with van der Waals surface area (Å²) < 4.78 is 42.7. The SMILES string of the molecule is COc1ccc(OC)c(C(=O)COC(=O)c2cccc(S(=O)(=O)N(C)c3ccc(C)cc3)c2)c1. The molecule has 0 bridgehead atoms. The average Bonchev–Trinajstić information content (AvgIpc) is 2.86. The fraction of sp³-hybridized carbons (Fsp3) is 0.200. The highest BCUT2D eigenvalue weighted by Crippen LogP contribution is 2.25. The molecule has 0 saturated heterocycles. The molecule has 3 aromatic carbocycles. The zero-order valence-corrected chi connectivity index (χ0v) is 20.1. The van der Waals surface area contributed by atoms with Crippen LogP contribution in [0.2, 0.25) is 0 Å². The lowest BCUT2D eigenvalue weighted by Crippen LogP contribution is -2.26. The van der Waals surface area contributed by atoms with Crippen molar-refractivity contribution in [2.75, 3.05) is 32.2 Å². The second-order valence-corrected chi connectivity index (χ2v) is 9.37. The van der Waals surface area contributed by atoms with Crippen molar-refractivity contribution < 1.29 is 32.2 Å². The Hall–Kier alpha value is -3.85. The zero-order chi connectivity index (χ0) is 24.9. The third-order valence-electron chi connectivity index (χ3n) is 5.17. The maximum absolute atomic E-state index is 13.1. The van der Waals surface area contributed by atoms with E-state index < -0.39 is 28.4 Å². The van der Waals surface area contributed by atoms with Gasteiger partial charge < -0.3 is 14.2 Å². The number of aryl methyl sites for hydroxylation is 1. The Kier molecular flexibility index (Phi) is 7.57. The molecule has 3 aromatic rings. The van der Waals surface area contributed by atoms with Gasteiger partial charge in [0.05, 0.1) is 35.9 Å². The number of hydrogen-bond donors (Lipinski definition) is 0. The number of esters is 1. The van der Waals surface area contributed by atoms with E-state index >= 15 is 0 Å². The molecule has 0 aliphatic heterocycles. The monoisotopic (exact) mass is 483 g/mol. The summed E-state index contributed by atoms with van der Waals surface area (Å²) in [6.07, 6.45) is 0. The van der Waals surface area contributed by atoms with Crippen LogP contribution in [0.5, 0.6) is 11.5 Å². The number of ketones is 1. The van der Waals surface area contributed by atoms with Crippen LogP contribution < -0.4 is 13.8 Å². The summed E-state index contributed by atoms with van der Waals surface area (Å²) in [5.74, 6) is -0.558. The number of hydrogen-bond acceptors (Lipinski definition) is 7. The van der Waals surface area contributed by atoms with E-state index in [9.17, 15) is 18.0 Å². The van der Waals surface area contributed by atoms with Gasteiger partial charge in [0, 0.05) is 7.05 Å². The largest absolute Gasteiger partial charge is 0.497 e. The number of ether oxygens (including phenoxy) is 3. The van der Waals surface area contributed by atoms with Crippen molar-refractivity contribution in [3.05, 3.63) is 83.4 Å². The number of nitrogens with zero attached hydrogens (tertiary/aromatic N) is 1. The van der Waals surface area contributed by atoms with E-state index in [4.69, 9.17) is 14.2 Å². The van der Waals surface area contributed by atoms with E-state index in [1.54, 1.807) is 24.3 Å². The predicted molar refractivity (Wildman–Crippen MR) is 127 cm³/mol. The van der Waals surface area contributed by atoms with Gasteiger partial charge >= 0.3 is 5.97 Å². The van der Waals surface area contributed by atoms with E-state index in [0.717, 1.165) is 9.87 Å². The van der Waals surface area contributed by atoms with Gasteiger partial charge in [0.2, 0.25) is 5.78 Å².